The summed E-state index contributed by atoms with van der Waals surface area (Å²) in [4.78, 5) is 21.1. The van der Waals surface area contributed by atoms with Gasteiger partial charge in [-0.05, 0) is 37.6 Å². The van der Waals surface area contributed by atoms with Gasteiger partial charge < -0.3 is 10.1 Å². The number of para-hydroxylation sites is 1. The van der Waals surface area contributed by atoms with Crippen molar-refractivity contribution in [3.8, 4) is 17.0 Å². The molecule has 4 rings (SSSR count). The average Bonchev–Trinajstić information content (AvgIpc) is 3.21. The lowest BCUT2D eigenvalue weighted by Gasteiger charge is -2.16. The van der Waals surface area contributed by atoms with Gasteiger partial charge in [-0.15, -0.1) is 0 Å². The first kappa shape index (κ1) is 22.4. The van der Waals surface area contributed by atoms with Crippen molar-refractivity contribution >= 4 is 16.8 Å². The number of aryl methyl sites for hydroxylation is 2. The molecule has 3 aromatic heterocycles. The van der Waals surface area contributed by atoms with Gasteiger partial charge in [0.2, 0.25) is 5.91 Å². The number of H-pyrrole nitrogens is 1. The Labute approximate surface area is 191 Å². The normalized spacial score (nSPS) is 11.2. The highest BCUT2D eigenvalue weighted by molar-refractivity contribution is 5.96. The van der Waals surface area contributed by atoms with Crippen molar-refractivity contribution < 1.29 is 13.9 Å². The van der Waals surface area contributed by atoms with Crippen LogP contribution >= 0.6 is 0 Å². The zero-order valence-electron chi connectivity index (χ0n) is 19.1. The molecule has 0 atom stereocenters. The molecule has 0 aliphatic carbocycles. The number of rotatable bonds is 7. The van der Waals surface area contributed by atoms with E-state index in [9.17, 15) is 9.18 Å². The second kappa shape index (κ2) is 9.36. The first-order valence-electron chi connectivity index (χ1n) is 10.8. The van der Waals surface area contributed by atoms with E-state index in [1.807, 2.05) is 58.0 Å². The third kappa shape index (κ3) is 4.69. The number of aromatic nitrogens is 4. The summed E-state index contributed by atoms with van der Waals surface area (Å²) in [6.07, 6.45) is 2.88. The van der Waals surface area contributed by atoms with Crippen LogP contribution in [0.1, 0.15) is 36.4 Å². The second-order valence-corrected chi connectivity index (χ2v) is 8.27. The lowest BCUT2D eigenvalue weighted by molar-refractivity contribution is -0.124. The Morgan fingerprint density at radius 2 is 2.06 bits per heavy atom. The maximum absolute atomic E-state index is 14.3. The molecule has 2 N–H and O–H groups in total. The molecule has 7 nitrogen and oxygen atoms in total. The summed E-state index contributed by atoms with van der Waals surface area (Å²) >= 11 is 0. The zero-order chi connectivity index (χ0) is 23.5. The van der Waals surface area contributed by atoms with Crippen molar-refractivity contribution in [2.75, 3.05) is 0 Å². The van der Waals surface area contributed by atoms with E-state index < -0.39 is 5.82 Å². The van der Waals surface area contributed by atoms with Crippen LogP contribution in [-0.2, 0) is 17.9 Å². The molecule has 0 fully saturated rings. The fourth-order valence-corrected chi connectivity index (χ4v) is 3.65. The van der Waals surface area contributed by atoms with Gasteiger partial charge in [-0.25, -0.2) is 9.37 Å². The van der Waals surface area contributed by atoms with Crippen LogP contribution in [0.15, 0.2) is 42.7 Å². The van der Waals surface area contributed by atoms with Crippen LogP contribution in [0.3, 0.4) is 0 Å². The van der Waals surface area contributed by atoms with Crippen molar-refractivity contribution in [3.05, 3.63) is 71.1 Å². The predicted octanol–water partition coefficient (Wildman–Crippen LogP) is 4.63. The molecule has 0 saturated heterocycles. The summed E-state index contributed by atoms with van der Waals surface area (Å²) in [5.41, 5.74) is 5.04. The molecule has 0 spiro atoms. The van der Waals surface area contributed by atoms with Gasteiger partial charge in [0.25, 0.3) is 0 Å². The molecule has 3 heterocycles. The van der Waals surface area contributed by atoms with Crippen LogP contribution in [0.2, 0.25) is 0 Å². The maximum Gasteiger partial charge on any atom is 0.222 e. The Hall–Kier alpha value is -3.81. The highest BCUT2D eigenvalue weighted by Gasteiger charge is 2.16. The smallest absolute Gasteiger partial charge is 0.222 e. The lowest BCUT2D eigenvalue weighted by atomic mass is 10.0. The van der Waals surface area contributed by atoms with Crippen LogP contribution in [0.25, 0.3) is 22.2 Å². The standard InChI is InChI=1S/C25H26FN5O2/c1-14(2)25(32)28-12-21-19(15(3)8-9-27-21)13-33-22-7-5-6-17-18(10-16(4)30-24(17)22)23-20(26)11-29-31-23/h5-11,14H,12-13H2,1-4H3,(H,28,32)(H,29,31). The molecule has 0 aliphatic rings. The van der Waals surface area contributed by atoms with Gasteiger partial charge in [0.15, 0.2) is 5.82 Å². The van der Waals surface area contributed by atoms with E-state index in [0.717, 1.165) is 34.1 Å². The van der Waals surface area contributed by atoms with E-state index >= 15 is 0 Å². The number of amides is 1. The number of carbonyl (C=O) groups is 1. The molecule has 170 valence electrons. The molecule has 1 amide bonds. The van der Waals surface area contributed by atoms with E-state index in [1.54, 1.807) is 6.20 Å². The lowest BCUT2D eigenvalue weighted by Crippen LogP contribution is -2.28. The zero-order valence-corrected chi connectivity index (χ0v) is 19.1. The molecule has 4 aromatic rings. The molecule has 33 heavy (non-hydrogen) atoms. The second-order valence-electron chi connectivity index (χ2n) is 8.27. The monoisotopic (exact) mass is 447 g/mol. The highest BCUT2D eigenvalue weighted by Crippen LogP contribution is 2.33. The Morgan fingerprint density at radius 3 is 2.79 bits per heavy atom. The number of carbonyl (C=O) groups excluding carboxylic acids is 1. The molecule has 0 saturated carbocycles. The Bertz CT molecular complexity index is 1320. The average molecular weight is 448 g/mol. The Balaban J connectivity index is 1.66. The van der Waals surface area contributed by atoms with Crippen molar-refractivity contribution in [1.82, 2.24) is 25.5 Å². The minimum atomic E-state index is -0.424. The number of fused-ring (bicyclic) bond motifs is 1. The molecular formula is C25H26FN5O2. The van der Waals surface area contributed by atoms with Crippen molar-refractivity contribution in [2.45, 2.75) is 40.8 Å². The van der Waals surface area contributed by atoms with Crippen molar-refractivity contribution in [1.29, 1.82) is 0 Å². The number of halogens is 1. The van der Waals surface area contributed by atoms with Gasteiger partial charge in [-0.1, -0.05) is 26.0 Å². The van der Waals surface area contributed by atoms with E-state index in [0.29, 0.717) is 29.1 Å². The molecule has 0 aliphatic heterocycles. The van der Waals surface area contributed by atoms with Crippen LogP contribution in [0.5, 0.6) is 5.75 Å². The molecular weight excluding hydrogens is 421 g/mol. The summed E-state index contributed by atoms with van der Waals surface area (Å²) in [6.45, 7) is 8.12. The van der Waals surface area contributed by atoms with Gasteiger partial charge in [0.1, 0.15) is 23.6 Å². The van der Waals surface area contributed by atoms with Gasteiger partial charge >= 0.3 is 0 Å². The largest absolute Gasteiger partial charge is 0.487 e. The molecule has 0 bridgehead atoms. The highest BCUT2D eigenvalue weighted by atomic mass is 19.1. The summed E-state index contributed by atoms with van der Waals surface area (Å²) in [7, 11) is 0. The Kier molecular flexibility index (Phi) is 6.35. The number of hydrogen-bond donors (Lipinski definition) is 2. The summed E-state index contributed by atoms with van der Waals surface area (Å²) < 4.78 is 20.5. The minimum absolute atomic E-state index is 0.0301. The van der Waals surface area contributed by atoms with Crippen molar-refractivity contribution in [2.24, 2.45) is 5.92 Å². The number of hydrogen-bond acceptors (Lipinski definition) is 5. The fraction of sp³-hybridized carbons (Fsp3) is 0.280. The Morgan fingerprint density at radius 1 is 1.24 bits per heavy atom. The van der Waals surface area contributed by atoms with E-state index in [-0.39, 0.29) is 18.4 Å². The van der Waals surface area contributed by atoms with E-state index in [1.165, 1.54) is 0 Å². The third-order valence-electron chi connectivity index (χ3n) is 5.50. The topological polar surface area (TPSA) is 92.8 Å². The fourth-order valence-electron chi connectivity index (χ4n) is 3.65. The van der Waals surface area contributed by atoms with Crippen molar-refractivity contribution in [3.63, 3.8) is 0 Å². The first-order chi connectivity index (χ1) is 15.8. The van der Waals surface area contributed by atoms with Gasteiger partial charge in [0, 0.05) is 34.3 Å². The summed E-state index contributed by atoms with van der Waals surface area (Å²) in [5, 5.41) is 10.2. The van der Waals surface area contributed by atoms with Crippen LogP contribution in [-0.4, -0.2) is 26.1 Å². The SMILES string of the molecule is Cc1cc(-c2[nH]ncc2F)c2cccc(OCc3c(C)ccnc3CNC(=O)C(C)C)c2n1. The summed E-state index contributed by atoms with van der Waals surface area (Å²) in [6, 6.07) is 9.31. The van der Waals surface area contributed by atoms with Gasteiger partial charge in [-0.2, -0.15) is 5.10 Å². The number of ether oxygens (including phenoxy) is 1. The minimum Gasteiger partial charge on any atom is -0.487 e. The number of benzene rings is 1. The molecule has 8 heteroatoms. The predicted molar refractivity (Wildman–Crippen MR) is 124 cm³/mol. The number of pyridine rings is 2. The van der Waals surface area contributed by atoms with Crippen LogP contribution in [0.4, 0.5) is 4.39 Å². The summed E-state index contributed by atoms with van der Waals surface area (Å²) in [5.74, 6) is 0.0240. The first-order valence-corrected chi connectivity index (χ1v) is 10.8. The van der Waals surface area contributed by atoms with Crippen LogP contribution in [0, 0.1) is 25.6 Å². The van der Waals surface area contributed by atoms with Crippen LogP contribution < -0.4 is 10.1 Å². The van der Waals surface area contributed by atoms with Gasteiger partial charge in [-0.3, -0.25) is 14.9 Å². The number of nitrogens with one attached hydrogen (secondary N) is 2. The maximum atomic E-state index is 14.3. The van der Waals surface area contributed by atoms with E-state index in [2.05, 4.69) is 25.5 Å². The molecule has 0 unspecified atom stereocenters. The molecule has 1 aromatic carbocycles. The number of nitrogens with zero attached hydrogens (tertiary/aromatic N) is 3. The van der Waals surface area contributed by atoms with E-state index in [4.69, 9.17) is 4.74 Å². The number of aromatic amines is 1. The quantitative estimate of drug-likeness (QED) is 0.431. The third-order valence-corrected chi connectivity index (χ3v) is 5.50. The molecule has 0 radical (unpaired) electrons. The van der Waals surface area contributed by atoms with Gasteiger partial charge in [0.05, 0.1) is 18.4 Å².